The van der Waals surface area contributed by atoms with Crippen LogP contribution in [-0.2, 0) is 16.6 Å². The van der Waals surface area contributed by atoms with E-state index in [0.29, 0.717) is 5.02 Å². The molecule has 4 nitrogen and oxygen atoms in total. The summed E-state index contributed by atoms with van der Waals surface area (Å²) in [4.78, 5) is -0.0453. The van der Waals surface area contributed by atoms with E-state index in [4.69, 9.17) is 11.6 Å². The van der Waals surface area contributed by atoms with E-state index in [1.807, 2.05) is 0 Å². The first-order valence-corrected chi connectivity index (χ1v) is 8.12. The molecule has 2 rings (SSSR count). The summed E-state index contributed by atoms with van der Waals surface area (Å²) < 4.78 is 67.3. The number of hydrogen-bond donors (Lipinski definition) is 1. The van der Waals surface area contributed by atoms with Gasteiger partial charge in [0.2, 0.25) is 10.0 Å². The molecule has 0 spiro atoms. The van der Waals surface area contributed by atoms with Crippen LogP contribution in [0.3, 0.4) is 0 Å². The molecule has 0 saturated carbocycles. The van der Waals surface area contributed by atoms with Crippen LogP contribution in [0.2, 0.25) is 5.02 Å². The summed E-state index contributed by atoms with van der Waals surface area (Å²) in [5.74, 6) is -0.459. The number of ether oxygens (including phenoxy) is 1. The number of para-hydroxylation sites is 1. The fourth-order valence-corrected chi connectivity index (χ4v) is 2.88. The van der Waals surface area contributed by atoms with Gasteiger partial charge in [0.15, 0.2) is 0 Å². The molecule has 1 N–H and O–H groups in total. The first-order chi connectivity index (χ1) is 10.7. The lowest BCUT2D eigenvalue weighted by Crippen LogP contribution is -2.24. The molecule has 9 heteroatoms. The molecule has 2 aromatic rings. The molecule has 0 fully saturated rings. The molecule has 23 heavy (non-hydrogen) atoms. The third-order valence-electron chi connectivity index (χ3n) is 2.77. The van der Waals surface area contributed by atoms with Gasteiger partial charge in [-0.15, -0.1) is 13.2 Å². The van der Waals surface area contributed by atoms with E-state index in [-0.39, 0.29) is 17.0 Å². The van der Waals surface area contributed by atoms with Crippen molar-refractivity contribution >= 4 is 21.6 Å². The number of rotatable bonds is 5. The van der Waals surface area contributed by atoms with Crippen LogP contribution in [0.5, 0.6) is 5.75 Å². The quantitative estimate of drug-likeness (QED) is 0.878. The number of benzene rings is 2. The van der Waals surface area contributed by atoms with Gasteiger partial charge < -0.3 is 4.74 Å². The van der Waals surface area contributed by atoms with E-state index in [1.54, 1.807) is 0 Å². The summed E-state index contributed by atoms with van der Waals surface area (Å²) in [7, 11) is -3.88. The van der Waals surface area contributed by atoms with Crippen LogP contribution >= 0.6 is 11.6 Å². The Morgan fingerprint density at radius 1 is 1.04 bits per heavy atom. The van der Waals surface area contributed by atoms with Crippen molar-refractivity contribution < 1.29 is 26.3 Å². The molecule has 0 atom stereocenters. The predicted molar refractivity (Wildman–Crippen MR) is 78.6 cm³/mol. The Labute approximate surface area is 135 Å². The molecular weight excluding hydrogens is 355 g/mol. The zero-order valence-electron chi connectivity index (χ0n) is 11.5. The van der Waals surface area contributed by atoms with Gasteiger partial charge in [0, 0.05) is 17.1 Å². The highest BCUT2D eigenvalue weighted by Crippen LogP contribution is 2.26. The molecule has 0 unspecified atom stereocenters. The first kappa shape index (κ1) is 17.6. The first-order valence-electron chi connectivity index (χ1n) is 6.26. The average Bonchev–Trinajstić information content (AvgIpc) is 2.45. The SMILES string of the molecule is O=S(=O)(NCc1ccccc1OC(F)(F)F)c1ccc(Cl)cc1. The van der Waals surface area contributed by atoms with Gasteiger partial charge in [0.1, 0.15) is 5.75 Å². The maximum Gasteiger partial charge on any atom is 0.573 e. The van der Waals surface area contributed by atoms with Gasteiger partial charge in [-0.25, -0.2) is 13.1 Å². The van der Waals surface area contributed by atoms with Gasteiger partial charge >= 0.3 is 6.36 Å². The van der Waals surface area contributed by atoms with Gasteiger partial charge in [-0.3, -0.25) is 0 Å². The Bertz CT molecular complexity index is 777. The monoisotopic (exact) mass is 365 g/mol. The fourth-order valence-electron chi connectivity index (χ4n) is 1.74. The second-order valence-electron chi connectivity index (χ2n) is 4.43. The number of nitrogens with one attached hydrogen (secondary N) is 1. The van der Waals surface area contributed by atoms with E-state index >= 15 is 0 Å². The smallest absolute Gasteiger partial charge is 0.405 e. The van der Waals surface area contributed by atoms with Crippen LogP contribution < -0.4 is 9.46 Å². The zero-order chi connectivity index (χ0) is 17.1. The molecule has 124 valence electrons. The van der Waals surface area contributed by atoms with Gasteiger partial charge in [0.25, 0.3) is 0 Å². The predicted octanol–water partition coefficient (Wildman–Crippen LogP) is 3.72. The van der Waals surface area contributed by atoms with Crippen molar-refractivity contribution in [3.63, 3.8) is 0 Å². The summed E-state index contributed by atoms with van der Waals surface area (Å²) in [5.41, 5.74) is 0.0577. The molecule has 0 radical (unpaired) electrons. The normalized spacial score (nSPS) is 12.2. The van der Waals surface area contributed by atoms with Crippen LogP contribution in [0.25, 0.3) is 0 Å². The third kappa shape index (κ3) is 5.12. The molecule has 0 bridgehead atoms. The Kier molecular flexibility index (Phi) is 5.18. The van der Waals surface area contributed by atoms with E-state index in [9.17, 15) is 21.6 Å². The van der Waals surface area contributed by atoms with Gasteiger partial charge in [0.05, 0.1) is 4.90 Å². The standard InChI is InChI=1S/C14H11ClF3NO3S/c15-11-5-7-12(8-6-11)23(20,21)19-9-10-3-1-2-4-13(10)22-14(16,17)18/h1-8,19H,9H2. The maximum absolute atomic E-state index is 12.3. The van der Waals surface area contributed by atoms with Crippen molar-refractivity contribution in [1.82, 2.24) is 4.72 Å². The van der Waals surface area contributed by atoms with Crippen LogP contribution in [0.4, 0.5) is 13.2 Å². The Morgan fingerprint density at radius 2 is 1.65 bits per heavy atom. The van der Waals surface area contributed by atoms with E-state index in [2.05, 4.69) is 9.46 Å². The van der Waals surface area contributed by atoms with Crippen LogP contribution in [0.1, 0.15) is 5.56 Å². The topological polar surface area (TPSA) is 55.4 Å². The highest BCUT2D eigenvalue weighted by molar-refractivity contribution is 7.89. The van der Waals surface area contributed by atoms with Crippen molar-refractivity contribution in [3.8, 4) is 5.75 Å². The molecule has 2 aromatic carbocycles. The van der Waals surface area contributed by atoms with E-state index in [0.717, 1.165) is 6.07 Å². The van der Waals surface area contributed by atoms with Gasteiger partial charge in [-0.2, -0.15) is 0 Å². The summed E-state index contributed by atoms with van der Waals surface area (Å²) in [6, 6.07) is 10.7. The van der Waals surface area contributed by atoms with Crippen molar-refractivity contribution in [3.05, 3.63) is 59.1 Å². The summed E-state index contributed by atoms with van der Waals surface area (Å²) in [6.45, 7) is -0.350. The van der Waals surface area contributed by atoms with Crippen molar-refractivity contribution in [2.75, 3.05) is 0 Å². The molecule has 0 aliphatic heterocycles. The molecule has 0 aliphatic rings. The van der Waals surface area contributed by atoms with E-state index in [1.165, 1.54) is 42.5 Å². The Balaban J connectivity index is 2.16. The second kappa shape index (κ2) is 6.77. The van der Waals surface area contributed by atoms with Crippen LogP contribution in [-0.4, -0.2) is 14.8 Å². The molecule has 0 amide bonds. The van der Waals surface area contributed by atoms with E-state index < -0.39 is 22.1 Å². The third-order valence-corrected chi connectivity index (χ3v) is 4.44. The summed E-state index contributed by atoms with van der Waals surface area (Å²) in [5, 5.41) is 0.368. The minimum Gasteiger partial charge on any atom is -0.405 e. The fraction of sp³-hybridized carbons (Fsp3) is 0.143. The van der Waals surface area contributed by atoms with Crippen molar-refractivity contribution in [2.24, 2.45) is 0 Å². The highest BCUT2D eigenvalue weighted by Gasteiger charge is 2.32. The molecule has 0 heterocycles. The molecule has 0 aliphatic carbocycles. The largest absolute Gasteiger partial charge is 0.573 e. The number of sulfonamides is 1. The van der Waals surface area contributed by atoms with Crippen LogP contribution in [0.15, 0.2) is 53.4 Å². The molecular formula is C14H11ClF3NO3S. The average molecular weight is 366 g/mol. The second-order valence-corrected chi connectivity index (χ2v) is 6.64. The van der Waals surface area contributed by atoms with Gasteiger partial charge in [-0.1, -0.05) is 29.8 Å². The molecule has 0 saturated heterocycles. The van der Waals surface area contributed by atoms with Crippen molar-refractivity contribution in [2.45, 2.75) is 17.8 Å². The minimum atomic E-state index is -4.86. The van der Waals surface area contributed by atoms with Crippen LogP contribution in [0, 0.1) is 0 Å². The Hall–Kier alpha value is -1.77. The van der Waals surface area contributed by atoms with Crippen molar-refractivity contribution in [1.29, 1.82) is 0 Å². The lowest BCUT2D eigenvalue weighted by Gasteiger charge is -2.13. The lowest BCUT2D eigenvalue weighted by molar-refractivity contribution is -0.274. The molecule has 0 aromatic heterocycles. The Morgan fingerprint density at radius 3 is 2.26 bits per heavy atom. The summed E-state index contributed by atoms with van der Waals surface area (Å²) >= 11 is 5.68. The summed E-state index contributed by atoms with van der Waals surface area (Å²) in [6.07, 6.45) is -4.86. The lowest BCUT2D eigenvalue weighted by atomic mass is 10.2. The zero-order valence-corrected chi connectivity index (χ0v) is 13.0. The number of alkyl halides is 3. The van der Waals surface area contributed by atoms with Gasteiger partial charge in [-0.05, 0) is 30.3 Å². The number of halogens is 4. The minimum absolute atomic E-state index is 0.0453. The maximum atomic E-state index is 12.3. The number of hydrogen-bond acceptors (Lipinski definition) is 3. The highest BCUT2D eigenvalue weighted by atomic mass is 35.5.